The third-order valence-electron chi connectivity index (χ3n) is 3.24. The molecule has 1 aromatic heterocycles. The van der Waals surface area contributed by atoms with E-state index in [4.69, 9.17) is 10.3 Å². The number of aromatic amines is 1. The predicted octanol–water partition coefficient (Wildman–Crippen LogP) is 2.68. The van der Waals surface area contributed by atoms with Gasteiger partial charge in [0.25, 0.3) is 0 Å². The summed E-state index contributed by atoms with van der Waals surface area (Å²) in [6, 6.07) is 0. The smallest absolute Gasteiger partial charge is 0.0690 e. The molecule has 0 amide bonds. The van der Waals surface area contributed by atoms with E-state index in [1.165, 1.54) is 0 Å². The van der Waals surface area contributed by atoms with Crippen LogP contribution >= 0.6 is 0 Å². The van der Waals surface area contributed by atoms with Crippen molar-refractivity contribution >= 4 is 0 Å². The molecular formula is C11H17N5O. The van der Waals surface area contributed by atoms with Crippen LogP contribution < -0.4 is 0 Å². The van der Waals surface area contributed by atoms with E-state index < -0.39 is 0 Å². The molecule has 6 nitrogen and oxygen atoms in total. The van der Waals surface area contributed by atoms with Gasteiger partial charge >= 0.3 is 0 Å². The van der Waals surface area contributed by atoms with Crippen LogP contribution in [0.3, 0.4) is 0 Å². The van der Waals surface area contributed by atoms with E-state index in [2.05, 4.69) is 27.1 Å². The molecule has 0 spiro atoms. The molecule has 92 valence electrons. The number of aryl methyl sites for hydroxylation is 1. The van der Waals surface area contributed by atoms with Crippen molar-refractivity contribution in [3.8, 4) is 0 Å². The first kappa shape index (κ1) is 12.0. The normalized spacial score (nSPS) is 16.8. The number of hydrogen-bond donors (Lipinski definition) is 1. The maximum Gasteiger partial charge on any atom is 0.0690 e. The Morgan fingerprint density at radius 3 is 2.94 bits per heavy atom. The molecule has 1 aromatic rings. The molecule has 0 radical (unpaired) electrons. The van der Waals surface area contributed by atoms with Crippen LogP contribution in [0, 0.1) is 0 Å². The molecule has 1 aliphatic rings. The Balaban J connectivity index is 2.24. The van der Waals surface area contributed by atoms with Crippen LogP contribution in [0.4, 0.5) is 0 Å². The van der Waals surface area contributed by atoms with Crippen molar-refractivity contribution in [2.75, 3.05) is 13.2 Å². The Kier molecular flexibility index (Phi) is 4.01. The number of nitrogens with one attached hydrogen (secondary N) is 1. The zero-order valence-electron chi connectivity index (χ0n) is 10.0. The molecule has 6 heteroatoms. The Morgan fingerprint density at radius 2 is 2.29 bits per heavy atom. The number of rotatable bonds is 4. The fourth-order valence-corrected chi connectivity index (χ4v) is 2.30. The van der Waals surface area contributed by atoms with Gasteiger partial charge in [-0.3, -0.25) is 5.10 Å². The Bertz CT molecular complexity index is 415. The summed E-state index contributed by atoms with van der Waals surface area (Å²) >= 11 is 0. The van der Waals surface area contributed by atoms with Gasteiger partial charge in [-0.1, -0.05) is 12.0 Å². The van der Waals surface area contributed by atoms with E-state index in [1.54, 1.807) is 0 Å². The largest absolute Gasteiger partial charge is 0.381 e. The monoisotopic (exact) mass is 235 g/mol. The van der Waals surface area contributed by atoms with Crippen molar-refractivity contribution in [1.82, 2.24) is 10.2 Å². The van der Waals surface area contributed by atoms with Gasteiger partial charge in [0.2, 0.25) is 0 Å². The first-order chi connectivity index (χ1) is 8.36. The number of nitrogens with zero attached hydrogens (tertiary/aromatic N) is 4. The lowest BCUT2D eigenvalue weighted by Crippen LogP contribution is -2.15. The van der Waals surface area contributed by atoms with Gasteiger partial charge in [-0.05, 0) is 24.8 Å². The van der Waals surface area contributed by atoms with Crippen molar-refractivity contribution < 1.29 is 4.74 Å². The first-order valence-electron chi connectivity index (χ1n) is 6.01. The zero-order valence-corrected chi connectivity index (χ0v) is 10.0. The third kappa shape index (κ3) is 2.60. The van der Waals surface area contributed by atoms with Crippen LogP contribution in [0.15, 0.2) is 5.11 Å². The summed E-state index contributed by atoms with van der Waals surface area (Å²) in [5, 5.41) is 11.1. The van der Waals surface area contributed by atoms with Gasteiger partial charge in [-0.15, -0.1) is 0 Å². The third-order valence-corrected chi connectivity index (χ3v) is 3.24. The van der Waals surface area contributed by atoms with E-state index >= 15 is 0 Å². The number of hydrogen-bond acceptors (Lipinski definition) is 3. The van der Waals surface area contributed by atoms with E-state index in [-0.39, 0.29) is 0 Å². The second-order valence-electron chi connectivity index (χ2n) is 4.20. The summed E-state index contributed by atoms with van der Waals surface area (Å²) in [5.41, 5.74) is 11.7. The van der Waals surface area contributed by atoms with Gasteiger partial charge < -0.3 is 4.74 Å². The molecule has 1 N–H and O–H groups in total. The highest BCUT2D eigenvalue weighted by atomic mass is 16.5. The van der Waals surface area contributed by atoms with Crippen LogP contribution in [-0.4, -0.2) is 23.4 Å². The number of aromatic nitrogens is 2. The van der Waals surface area contributed by atoms with Crippen LogP contribution in [0.2, 0.25) is 0 Å². The number of ether oxygens (including phenoxy) is 1. The second-order valence-corrected chi connectivity index (χ2v) is 4.20. The highest BCUT2D eigenvalue weighted by molar-refractivity contribution is 5.28. The zero-order chi connectivity index (χ0) is 12.1. The van der Waals surface area contributed by atoms with Crippen molar-refractivity contribution in [3.63, 3.8) is 0 Å². The molecule has 1 aliphatic heterocycles. The summed E-state index contributed by atoms with van der Waals surface area (Å²) in [7, 11) is 0. The summed E-state index contributed by atoms with van der Waals surface area (Å²) in [5.74, 6) is 0.434. The maximum absolute atomic E-state index is 8.44. The van der Waals surface area contributed by atoms with Gasteiger partial charge in [0.05, 0.1) is 12.2 Å². The SMILES string of the molecule is CCc1[nH]nc(C2CCOCC2)c1CN=[N+]=[N-]. The molecule has 17 heavy (non-hydrogen) atoms. The van der Waals surface area contributed by atoms with E-state index in [1.807, 2.05) is 0 Å². The van der Waals surface area contributed by atoms with Gasteiger partial charge in [-0.2, -0.15) is 5.10 Å². The minimum atomic E-state index is 0.392. The molecule has 1 fully saturated rings. The molecule has 0 atom stereocenters. The average molecular weight is 235 g/mol. The summed E-state index contributed by atoms with van der Waals surface area (Å²) < 4.78 is 5.36. The highest BCUT2D eigenvalue weighted by Gasteiger charge is 2.22. The van der Waals surface area contributed by atoms with Gasteiger partial charge in [-0.25, -0.2) is 0 Å². The lowest BCUT2D eigenvalue weighted by Gasteiger charge is -2.21. The van der Waals surface area contributed by atoms with Gasteiger partial charge in [0.1, 0.15) is 0 Å². The quantitative estimate of drug-likeness (QED) is 0.494. The fraction of sp³-hybridized carbons (Fsp3) is 0.727. The molecule has 0 saturated carbocycles. The predicted molar refractivity (Wildman–Crippen MR) is 63.6 cm³/mol. The summed E-state index contributed by atoms with van der Waals surface area (Å²) in [6.07, 6.45) is 2.88. The van der Waals surface area contributed by atoms with Gasteiger partial charge in [0, 0.05) is 35.3 Å². The second kappa shape index (κ2) is 5.70. The number of azide groups is 1. The van der Waals surface area contributed by atoms with Crippen LogP contribution in [0.5, 0.6) is 0 Å². The first-order valence-corrected chi connectivity index (χ1v) is 6.01. The molecule has 2 heterocycles. The Labute approximate surface area is 100.0 Å². The van der Waals surface area contributed by atoms with Crippen LogP contribution in [0.1, 0.15) is 42.6 Å². The minimum absolute atomic E-state index is 0.392. The van der Waals surface area contributed by atoms with Crippen molar-refractivity contribution in [2.45, 2.75) is 38.6 Å². The standard InChI is InChI=1S/C11H17N5O/c1-2-10-9(7-13-16-12)11(15-14-10)8-3-5-17-6-4-8/h8H,2-7H2,1H3,(H,14,15). The number of H-pyrrole nitrogens is 1. The van der Waals surface area contributed by atoms with Crippen molar-refractivity contribution in [2.24, 2.45) is 5.11 Å². The molecular weight excluding hydrogens is 218 g/mol. The Morgan fingerprint density at radius 1 is 1.53 bits per heavy atom. The lowest BCUT2D eigenvalue weighted by molar-refractivity contribution is 0.0843. The molecule has 0 aromatic carbocycles. The van der Waals surface area contributed by atoms with E-state index in [0.717, 1.165) is 49.4 Å². The van der Waals surface area contributed by atoms with Crippen LogP contribution in [0.25, 0.3) is 10.4 Å². The lowest BCUT2D eigenvalue weighted by atomic mass is 9.93. The van der Waals surface area contributed by atoms with Crippen molar-refractivity contribution in [1.29, 1.82) is 0 Å². The van der Waals surface area contributed by atoms with Gasteiger partial charge in [0.15, 0.2) is 0 Å². The summed E-state index contributed by atoms with van der Waals surface area (Å²) in [4.78, 5) is 2.83. The molecule has 1 saturated heterocycles. The maximum atomic E-state index is 8.44. The van der Waals surface area contributed by atoms with Crippen LogP contribution in [-0.2, 0) is 17.7 Å². The summed E-state index contributed by atoms with van der Waals surface area (Å²) in [6.45, 7) is 4.05. The van der Waals surface area contributed by atoms with E-state index in [0.29, 0.717) is 12.5 Å². The van der Waals surface area contributed by atoms with E-state index in [9.17, 15) is 0 Å². The molecule has 0 unspecified atom stereocenters. The average Bonchev–Trinajstić information content (AvgIpc) is 2.80. The molecule has 2 rings (SSSR count). The van der Waals surface area contributed by atoms with Crippen molar-refractivity contribution in [3.05, 3.63) is 27.4 Å². The molecule has 0 bridgehead atoms. The minimum Gasteiger partial charge on any atom is -0.381 e. The molecule has 0 aliphatic carbocycles. The topological polar surface area (TPSA) is 86.7 Å². The highest BCUT2D eigenvalue weighted by Crippen LogP contribution is 2.29. The fourth-order valence-electron chi connectivity index (χ4n) is 2.30. The Hall–Kier alpha value is -1.52.